The van der Waals surface area contributed by atoms with Crippen LogP contribution in [-0.2, 0) is 5.75 Å². The van der Waals surface area contributed by atoms with Gasteiger partial charge in [-0.3, -0.25) is 0 Å². The molecule has 0 aliphatic carbocycles. The molecule has 17 heavy (non-hydrogen) atoms. The Labute approximate surface area is 105 Å². The molecular formula is C14H12O2S. The highest BCUT2D eigenvalue weighted by atomic mass is 32.1. The van der Waals surface area contributed by atoms with Crippen molar-refractivity contribution < 1.29 is 9.90 Å². The van der Waals surface area contributed by atoms with E-state index in [1.165, 1.54) is 5.56 Å². The second kappa shape index (κ2) is 5.06. The fourth-order valence-electron chi connectivity index (χ4n) is 1.61. The molecule has 2 rings (SSSR count). The van der Waals surface area contributed by atoms with Gasteiger partial charge in [-0.15, -0.1) is 0 Å². The standard InChI is InChI=1S/C14H12O2S/c15-14(16)13-7-5-12(6-8-13)11-3-1-10(9-17)2-4-11/h1-8,17H,9H2,(H,15,16). The fraction of sp³-hybridized carbons (Fsp3) is 0.0714. The summed E-state index contributed by atoms with van der Waals surface area (Å²) in [5, 5.41) is 8.81. The van der Waals surface area contributed by atoms with Gasteiger partial charge in [0.1, 0.15) is 0 Å². The highest BCUT2D eigenvalue weighted by Gasteiger charge is 2.02. The minimum Gasteiger partial charge on any atom is -0.478 e. The molecule has 0 saturated heterocycles. The minimum absolute atomic E-state index is 0.306. The molecule has 0 saturated carbocycles. The second-order valence-electron chi connectivity index (χ2n) is 3.74. The summed E-state index contributed by atoms with van der Waals surface area (Å²) in [5.74, 6) is -0.180. The van der Waals surface area contributed by atoms with Crippen molar-refractivity contribution in [1.29, 1.82) is 0 Å². The van der Waals surface area contributed by atoms with Crippen molar-refractivity contribution in [3.05, 3.63) is 59.7 Å². The van der Waals surface area contributed by atoms with Crippen LogP contribution in [0.1, 0.15) is 15.9 Å². The predicted octanol–water partition coefficient (Wildman–Crippen LogP) is 3.48. The monoisotopic (exact) mass is 244 g/mol. The molecule has 1 N–H and O–H groups in total. The van der Waals surface area contributed by atoms with Crippen molar-refractivity contribution in [2.45, 2.75) is 5.75 Å². The number of hydrogen-bond acceptors (Lipinski definition) is 2. The lowest BCUT2D eigenvalue weighted by Gasteiger charge is -2.03. The molecule has 0 aromatic heterocycles. The maximum atomic E-state index is 10.7. The Hall–Kier alpha value is -1.74. The molecule has 0 unspecified atom stereocenters. The summed E-state index contributed by atoms with van der Waals surface area (Å²) in [7, 11) is 0. The molecule has 0 radical (unpaired) electrons. The third-order valence-corrected chi connectivity index (χ3v) is 2.97. The Morgan fingerprint density at radius 1 is 0.941 bits per heavy atom. The van der Waals surface area contributed by atoms with E-state index in [1.807, 2.05) is 36.4 Å². The Bertz CT molecular complexity index is 515. The van der Waals surface area contributed by atoms with Crippen LogP contribution < -0.4 is 0 Å². The Kier molecular flexibility index (Phi) is 3.49. The van der Waals surface area contributed by atoms with Gasteiger partial charge in [0.2, 0.25) is 0 Å². The topological polar surface area (TPSA) is 37.3 Å². The van der Waals surface area contributed by atoms with Gasteiger partial charge in [0.15, 0.2) is 0 Å². The SMILES string of the molecule is O=C(O)c1ccc(-c2ccc(CS)cc2)cc1. The average Bonchev–Trinajstić information content (AvgIpc) is 2.39. The number of rotatable bonds is 3. The Morgan fingerprint density at radius 2 is 1.41 bits per heavy atom. The predicted molar refractivity (Wildman–Crippen MR) is 71.5 cm³/mol. The van der Waals surface area contributed by atoms with E-state index < -0.39 is 5.97 Å². The van der Waals surface area contributed by atoms with Crippen LogP contribution in [0.2, 0.25) is 0 Å². The van der Waals surface area contributed by atoms with Gasteiger partial charge in [0.05, 0.1) is 5.56 Å². The van der Waals surface area contributed by atoms with Gasteiger partial charge in [0.25, 0.3) is 0 Å². The number of hydrogen-bond donors (Lipinski definition) is 2. The summed E-state index contributed by atoms with van der Waals surface area (Å²) < 4.78 is 0. The molecular weight excluding hydrogens is 232 g/mol. The zero-order valence-corrected chi connectivity index (χ0v) is 10.0. The van der Waals surface area contributed by atoms with Gasteiger partial charge in [-0.05, 0) is 28.8 Å². The zero-order valence-electron chi connectivity index (χ0n) is 9.13. The van der Waals surface area contributed by atoms with Crippen molar-refractivity contribution in [3.8, 4) is 11.1 Å². The molecule has 2 nitrogen and oxygen atoms in total. The molecule has 0 aliphatic rings. The van der Waals surface area contributed by atoms with Gasteiger partial charge in [0, 0.05) is 5.75 Å². The summed E-state index contributed by atoms with van der Waals surface area (Å²) in [4.78, 5) is 10.7. The minimum atomic E-state index is -0.901. The molecule has 0 bridgehead atoms. The van der Waals surface area contributed by atoms with Gasteiger partial charge in [-0.25, -0.2) is 4.79 Å². The van der Waals surface area contributed by atoms with Crippen LogP contribution in [0.25, 0.3) is 11.1 Å². The number of carboxylic acid groups (broad SMARTS) is 1. The van der Waals surface area contributed by atoms with E-state index >= 15 is 0 Å². The number of thiol groups is 1. The third-order valence-electron chi connectivity index (χ3n) is 2.60. The molecule has 0 amide bonds. The number of carboxylic acids is 1. The first-order chi connectivity index (χ1) is 8.20. The van der Waals surface area contributed by atoms with Gasteiger partial charge in [-0.2, -0.15) is 12.6 Å². The zero-order chi connectivity index (χ0) is 12.3. The van der Waals surface area contributed by atoms with Crippen LogP contribution in [0.4, 0.5) is 0 Å². The second-order valence-corrected chi connectivity index (χ2v) is 4.05. The number of benzene rings is 2. The van der Waals surface area contributed by atoms with E-state index in [2.05, 4.69) is 12.6 Å². The number of aromatic carboxylic acids is 1. The lowest BCUT2D eigenvalue weighted by Crippen LogP contribution is -1.94. The molecule has 0 aliphatic heterocycles. The smallest absolute Gasteiger partial charge is 0.335 e. The Morgan fingerprint density at radius 3 is 1.82 bits per heavy atom. The van der Waals surface area contributed by atoms with Gasteiger partial charge in [-0.1, -0.05) is 36.4 Å². The maximum absolute atomic E-state index is 10.7. The van der Waals surface area contributed by atoms with E-state index in [4.69, 9.17) is 5.11 Å². The highest BCUT2D eigenvalue weighted by molar-refractivity contribution is 7.79. The van der Waals surface area contributed by atoms with E-state index in [0.29, 0.717) is 5.56 Å². The summed E-state index contributed by atoms with van der Waals surface area (Å²) in [6.45, 7) is 0. The summed E-state index contributed by atoms with van der Waals surface area (Å²) >= 11 is 4.20. The van der Waals surface area contributed by atoms with E-state index in [0.717, 1.165) is 16.9 Å². The molecule has 2 aromatic carbocycles. The van der Waals surface area contributed by atoms with Crippen molar-refractivity contribution >= 4 is 18.6 Å². The quantitative estimate of drug-likeness (QED) is 0.811. The van der Waals surface area contributed by atoms with Crippen LogP contribution in [0, 0.1) is 0 Å². The summed E-state index contributed by atoms with van der Waals surface area (Å²) in [5.41, 5.74) is 3.56. The third kappa shape index (κ3) is 2.68. The first-order valence-electron chi connectivity index (χ1n) is 5.24. The van der Waals surface area contributed by atoms with Crippen LogP contribution in [-0.4, -0.2) is 11.1 Å². The molecule has 0 atom stereocenters. The summed E-state index contributed by atoms with van der Waals surface area (Å²) in [6, 6.07) is 14.9. The van der Waals surface area contributed by atoms with E-state index in [1.54, 1.807) is 12.1 Å². The van der Waals surface area contributed by atoms with Crippen LogP contribution >= 0.6 is 12.6 Å². The van der Waals surface area contributed by atoms with E-state index in [-0.39, 0.29) is 0 Å². The molecule has 3 heteroatoms. The fourth-order valence-corrected chi connectivity index (χ4v) is 1.82. The lowest BCUT2D eigenvalue weighted by molar-refractivity contribution is 0.0697. The molecule has 0 fully saturated rings. The summed E-state index contributed by atoms with van der Waals surface area (Å²) in [6.07, 6.45) is 0. The lowest BCUT2D eigenvalue weighted by atomic mass is 10.0. The van der Waals surface area contributed by atoms with E-state index in [9.17, 15) is 4.79 Å². The average molecular weight is 244 g/mol. The van der Waals surface area contributed by atoms with Gasteiger partial charge < -0.3 is 5.11 Å². The van der Waals surface area contributed by atoms with Crippen molar-refractivity contribution in [3.63, 3.8) is 0 Å². The van der Waals surface area contributed by atoms with Crippen molar-refractivity contribution in [1.82, 2.24) is 0 Å². The maximum Gasteiger partial charge on any atom is 0.335 e. The first kappa shape index (κ1) is 11.7. The molecule has 86 valence electrons. The van der Waals surface area contributed by atoms with Crippen LogP contribution in [0.3, 0.4) is 0 Å². The van der Waals surface area contributed by atoms with Crippen LogP contribution in [0.5, 0.6) is 0 Å². The largest absolute Gasteiger partial charge is 0.478 e. The normalized spacial score (nSPS) is 10.2. The number of carbonyl (C=O) groups is 1. The molecule has 0 heterocycles. The first-order valence-corrected chi connectivity index (χ1v) is 5.87. The van der Waals surface area contributed by atoms with Crippen molar-refractivity contribution in [2.24, 2.45) is 0 Å². The molecule has 0 spiro atoms. The van der Waals surface area contributed by atoms with Crippen molar-refractivity contribution in [2.75, 3.05) is 0 Å². The van der Waals surface area contributed by atoms with Gasteiger partial charge >= 0.3 is 5.97 Å². The van der Waals surface area contributed by atoms with Crippen LogP contribution in [0.15, 0.2) is 48.5 Å². The highest BCUT2D eigenvalue weighted by Crippen LogP contribution is 2.20. The Balaban J connectivity index is 2.29. The molecule has 2 aromatic rings.